The van der Waals surface area contributed by atoms with Gasteiger partial charge in [0.2, 0.25) is 0 Å². The standard InChI is InChI=1S/C15H27N5OS.HI/c1-4-16-14(17-11-13-5-8-19-20(13)2)18-12-15(22-3)6-9-21-10-7-15;/h5,8H,4,6-7,9-12H2,1-3H3,(H2,16,17,18);1H. The van der Waals surface area contributed by atoms with Gasteiger partial charge in [0.1, 0.15) is 0 Å². The van der Waals surface area contributed by atoms with Crippen molar-refractivity contribution in [1.29, 1.82) is 0 Å². The second kappa shape index (κ2) is 10.4. The molecule has 1 aliphatic rings. The van der Waals surface area contributed by atoms with E-state index >= 15 is 0 Å². The second-order valence-corrected chi connectivity index (χ2v) is 6.77. The fraction of sp³-hybridized carbons (Fsp3) is 0.733. The Hall–Kier alpha value is -0.480. The average Bonchev–Trinajstić information content (AvgIpc) is 2.96. The minimum absolute atomic E-state index is 0. The second-order valence-electron chi connectivity index (χ2n) is 5.49. The van der Waals surface area contributed by atoms with Crippen molar-refractivity contribution in [3.63, 3.8) is 0 Å². The van der Waals surface area contributed by atoms with Gasteiger partial charge in [0.15, 0.2) is 5.96 Å². The van der Waals surface area contributed by atoms with E-state index in [9.17, 15) is 0 Å². The first kappa shape index (κ1) is 20.6. The molecule has 0 aromatic carbocycles. The first-order chi connectivity index (χ1) is 10.7. The molecule has 8 heteroatoms. The van der Waals surface area contributed by atoms with Crippen LogP contribution in [0.5, 0.6) is 0 Å². The van der Waals surface area contributed by atoms with Crippen LogP contribution in [0.1, 0.15) is 25.5 Å². The first-order valence-corrected chi connectivity index (χ1v) is 9.03. The Bertz CT molecular complexity index is 488. The minimum atomic E-state index is 0. The predicted molar refractivity (Wildman–Crippen MR) is 108 cm³/mol. The molecule has 0 saturated carbocycles. The van der Waals surface area contributed by atoms with Crippen LogP contribution in [-0.2, 0) is 18.3 Å². The summed E-state index contributed by atoms with van der Waals surface area (Å²) < 4.78 is 7.60. The quantitative estimate of drug-likeness (QED) is 0.392. The molecule has 1 aromatic heterocycles. The molecule has 0 radical (unpaired) electrons. The zero-order valence-corrected chi connectivity index (χ0v) is 17.3. The van der Waals surface area contributed by atoms with Crippen molar-refractivity contribution < 1.29 is 4.74 Å². The maximum atomic E-state index is 5.49. The monoisotopic (exact) mass is 453 g/mol. The van der Waals surface area contributed by atoms with Gasteiger partial charge in [-0.2, -0.15) is 16.9 Å². The number of aliphatic imine (C=N–C) groups is 1. The fourth-order valence-electron chi connectivity index (χ4n) is 2.50. The predicted octanol–water partition coefficient (Wildman–Crippen LogP) is 2.01. The van der Waals surface area contributed by atoms with Gasteiger partial charge in [0, 0.05) is 44.3 Å². The number of guanidine groups is 1. The number of nitrogens with one attached hydrogen (secondary N) is 2. The Kier molecular flexibility index (Phi) is 9.30. The fourth-order valence-corrected chi connectivity index (χ4v) is 3.29. The summed E-state index contributed by atoms with van der Waals surface area (Å²) in [7, 11) is 1.94. The zero-order valence-electron chi connectivity index (χ0n) is 14.2. The Labute approximate surface area is 160 Å². The Morgan fingerprint density at radius 1 is 1.43 bits per heavy atom. The molecule has 6 nitrogen and oxygen atoms in total. The van der Waals surface area contributed by atoms with Gasteiger partial charge in [0.25, 0.3) is 0 Å². The van der Waals surface area contributed by atoms with Crippen LogP contribution >= 0.6 is 35.7 Å². The number of aromatic nitrogens is 2. The molecule has 1 fully saturated rings. The molecule has 0 amide bonds. The zero-order chi connectivity index (χ0) is 15.8. The third-order valence-electron chi connectivity index (χ3n) is 4.08. The minimum Gasteiger partial charge on any atom is -0.381 e. The Balaban J connectivity index is 0.00000264. The van der Waals surface area contributed by atoms with E-state index in [0.29, 0.717) is 6.54 Å². The Morgan fingerprint density at radius 2 is 2.17 bits per heavy atom. The van der Waals surface area contributed by atoms with Crippen molar-refractivity contribution in [1.82, 2.24) is 20.4 Å². The van der Waals surface area contributed by atoms with Crippen LogP contribution < -0.4 is 10.6 Å². The van der Waals surface area contributed by atoms with Gasteiger partial charge < -0.3 is 15.4 Å². The molecular formula is C15H28IN5OS. The highest BCUT2D eigenvalue weighted by Gasteiger charge is 2.31. The molecule has 2 heterocycles. The summed E-state index contributed by atoms with van der Waals surface area (Å²) >= 11 is 1.93. The van der Waals surface area contributed by atoms with E-state index in [1.165, 1.54) is 0 Å². The van der Waals surface area contributed by atoms with E-state index in [1.54, 1.807) is 6.20 Å². The maximum absolute atomic E-state index is 5.49. The molecule has 1 aromatic rings. The van der Waals surface area contributed by atoms with Gasteiger partial charge in [-0.05, 0) is 32.1 Å². The van der Waals surface area contributed by atoms with E-state index in [0.717, 1.165) is 50.8 Å². The molecule has 0 bridgehead atoms. The van der Waals surface area contributed by atoms with Gasteiger partial charge in [-0.3, -0.25) is 4.68 Å². The number of thioether (sulfide) groups is 1. The van der Waals surface area contributed by atoms with Gasteiger partial charge in [-0.1, -0.05) is 0 Å². The summed E-state index contributed by atoms with van der Waals surface area (Å²) in [4.78, 5) is 4.66. The summed E-state index contributed by atoms with van der Waals surface area (Å²) in [5, 5.41) is 11.0. The molecule has 0 spiro atoms. The van der Waals surface area contributed by atoms with E-state index < -0.39 is 0 Å². The van der Waals surface area contributed by atoms with Crippen LogP contribution in [0.25, 0.3) is 0 Å². The smallest absolute Gasteiger partial charge is 0.191 e. The lowest BCUT2D eigenvalue weighted by atomic mass is 9.99. The average molecular weight is 453 g/mol. The summed E-state index contributed by atoms with van der Waals surface area (Å²) in [6.45, 7) is 6.18. The van der Waals surface area contributed by atoms with Crippen molar-refractivity contribution in [2.24, 2.45) is 12.0 Å². The number of nitrogens with zero attached hydrogens (tertiary/aromatic N) is 3. The molecule has 0 unspecified atom stereocenters. The van der Waals surface area contributed by atoms with Crippen molar-refractivity contribution in [3.8, 4) is 0 Å². The number of rotatable bonds is 6. The topological polar surface area (TPSA) is 63.5 Å². The summed E-state index contributed by atoms with van der Waals surface area (Å²) in [5.74, 6) is 0.864. The first-order valence-electron chi connectivity index (χ1n) is 7.81. The van der Waals surface area contributed by atoms with Gasteiger partial charge in [-0.25, -0.2) is 4.99 Å². The number of halogens is 1. The molecular weight excluding hydrogens is 425 g/mol. The van der Waals surface area contributed by atoms with Gasteiger partial charge in [0.05, 0.1) is 12.2 Å². The molecule has 1 saturated heterocycles. The number of hydrogen-bond donors (Lipinski definition) is 2. The number of hydrogen-bond acceptors (Lipinski definition) is 4. The van der Waals surface area contributed by atoms with Crippen LogP contribution in [0.4, 0.5) is 0 Å². The summed E-state index contributed by atoms with van der Waals surface area (Å²) in [6, 6.07) is 1.99. The molecule has 132 valence electrons. The lowest BCUT2D eigenvalue weighted by molar-refractivity contribution is 0.0783. The molecule has 23 heavy (non-hydrogen) atoms. The van der Waals surface area contributed by atoms with Crippen LogP contribution in [0.3, 0.4) is 0 Å². The van der Waals surface area contributed by atoms with E-state index in [4.69, 9.17) is 4.74 Å². The Morgan fingerprint density at radius 3 is 2.74 bits per heavy atom. The summed E-state index contributed by atoms with van der Waals surface area (Å²) in [6.07, 6.45) is 6.16. The van der Waals surface area contributed by atoms with Crippen molar-refractivity contribution in [2.45, 2.75) is 31.1 Å². The van der Waals surface area contributed by atoms with E-state index in [1.807, 2.05) is 29.6 Å². The number of ether oxygens (including phenoxy) is 1. The molecule has 2 N–H and O–H groups in total. The van der Waals surface area contributed by atoms with Crippen molar-refractivity contribution >= 4 is 41.7 Å². The van der Waals surface area contributed by atoms with Crippen LogP contribution in [0.2, 0.25) is 0 Å². The third-order valence-corrected chi connectivity index (χ3v) is 5.50. The lowest BCUT2D eigenvalue weighted by Gasteiger charge is -2.36. The maximum Gasteiger partial charge on any atom is 0.191 e. The number of aryl methyl sites for hydroxylation is 1. The SMILES string of the molecule is CCNC(=NCc1ccnn1C)NCC1(SC)CCOCC1.I. The highest BCUT2D eigenvalue weighted by Crippen LogP contribution is 2.32. The molecule has 0 aliphatic carbocycles. The lowest BCUT2D eigenvalue weighted by Crippen LogP contribution is -2.47. The summed E-state index contributed by atoms with van der Waals surface area (Å²) in [5.41, 5.74) is 1.10. The van der Waals surface area contributed by atoms with Gasteiger partial charge in [-0.15, -0.1) is 24.0 Å². The van der Waals surface area contributed by atoms with E-state index in [-0.39, 0.29) is 28.7 Å². The van der Waals surface area contributed by atoms with E-state index in [2.05, 4.69) is 33.9 Å². The van der Waals surface area contributed by atoms with Crippen LogP contribution in [0.15, 0.2) is 17.3 Å². The molecule has 0 atom stereocenters. The van der Waals surface area contributed by atoms with Gasteiger partial charge >= 0.3 is 0 Å². The third kappa shape index (κ3) is 6.15. The normalized spacial score (nSPS) is 17.4. The van der Waals surface area contributed by atoms with Crippen LogP contribution in [-0.4, -0.2) is 53.0 Å². The van der Waals surface area contributed by atoms with Crippen LogP contribution in [0, 0.1) is 0 Å². The highest BCUT2D eigenvalue weighted by molar-refractivity contribution is 14.0. The molecule has 2 rings (SSSR count). The molecule has 1 aliphatic heterocycles. The highest BCUT2D eigenvalue weighted by atomic mass is 127. The van der Waals surface area contributed by atoms with Crippen molar-refractivity contribution in [3.05, 3.63) is 18.0 Å². The van der Waals surface area contributed by atoms with Crippen molar-refractivity contribution in [2.75, 3.05) is 32.6 Å². The largest absolute Gasteiger partial charge is 0.381 e.